The van der Waals surface area contributed by atoms with Crippen LogP contribution in [0, 0.1) is 5.82 Å². The molecule has 0 aromatic heterocycles. The molecule has 0 atom stereocenters. The molecule has 136 valence electrons. The van der Waals surface area contributed by atoms with Crippen LogP contribution in [0.3, 0.4) is 0 Å². The number of hydrogen-bond acceptors (Lipinski definition) is 4. The van der Waals surface area contributed by atoms with E-state index in [1.54, 1.807) is 11.9 Å². The molecule has 0 saturated carbocycles. The van der Waals surface area contributed by atoms with Gasteiger partial charge in [0.25, 0.3) is 0 Å². The summed E-state index contributed by atoms with van der Waals surface area (Å²) in [5.74, 6) is -0.443. The second-order valence-electron chi connectivity index (χ2n) is 5.45. The number of benzene rings is 1. The summed E-state index contributed by atoms with van der Waals surface area (Å²) in [7, 11) is -1.87. The van der Waals surface area contributed by atoms with Gasteiger partial charge in [-0.3, -0.25) is 4.79 Å². The SMILES string of the molecule is CNCCC(=O)N1CCCN(S(=O)(=O)c2ccc(F)cc2)CC1.Cl. The van der Waals surface area contributed by atoms with Crippen LogP contribution in [-0.4, -0.2) is 63.3 Å². The van der Waals surface area contributed by atoms with Gasteiger partial charge in [0.05, 0.1) is 4.90 Å². The van der Waals surface area contributed by atoms with Crippen LogP contribution in [0.25, 0.3) is 0 Å². The number of carbonyl (C=O) groups is 1. The molecule has 1 aliphatic rings. The highest BCUT2D eigenvalue weighted by Gasteiger charge is 2.28. The Morgan fingerprint density at radius 3 is 2.46 bits per heavy atom. The van der Waals surface area contributed by atoms with Gasteiger partial charge >= 0.3 is 0 Å². The van der Waals surface area contributed by atoms with Crippen LogP contribution in [-0.2, 0) is 14.8 Å². The van der Waals surface area contributed by atoms with Crippen LogP contribution in [0.15, 0.2) is 29.2 Å². The van der Waals surface area contributed by atoms with Crippen LogP contribution in [0.4, 0.5) is 4.39 Å². The molecular weight excluding hydrogens is 357 g/mol. The predicted molar refractivity (Wildman–Crippen MR) is 92.1 cm³/mol. The lowest BCUT2D eigenvalue weighted by Gasteiger charge is -2.22. The summed E-state index contributed by atoms with van der Waals surface area (Å²) in [6, 6.07) is 4.81. The van der Waals surface area contributed by atoms with Gasteiger partial charge in [0.15, 0.2) is 0 Å². The summed E-state index contributed by atoms with van der Waals surface area (Å²) >= 11 is 0. The van der Waals surface area contributed by atoms with Gasteiger partial charge in [0, 0.05) is 39.1 Å². The van der Waals surface area contributed by atoms with Crippen LogP contribution in [0.5, 0.6) is 0 Å². The molecule has 1 amide bonds. The number of hydrogen-bond donors (Lipinski definition) is 1. The zero-order valence-corrected chi connectivity index (χ0v) is 15.2. The number of sulfonamides is 1. The highest BCUT2D eigenvalue weighted by Crippen LogP contribution is 2.18. The topological polar surface area (TPSA) is 69.7 Å². The molecule has 2 rings (SSSR count). The van der Waals surface area contributed by atoms with Crippen LogP contribution in [0.2, 0.25) is 0 Å². The largest absolute Gasteiger partial charge is 0.341 e. The lowest BCUT2D eigenvalue weighted by molar-refractivity contribution is -0.130. The van der Waals surface area contributed by atoms with E-state index < -0.39 is 15.8 Å². The van der Waals surface area contributed by atoms with Gasteiger partial charge in [-0.15, -0.1) is 12.4 Å². The van der Waals surface area contributed by atoms with E-state index in [4.69, 9.17) is 0 Å². The lowest BCUT2D eigenvalue weighted by Crippen LogP contribution is -2.38. The first-order valence-corrected chi connectivity index (χ1v) is 9.07. The Hall–Kier alpha value is -1.22. The molecule has 1 aliphatic heterocycles. The number of nitrogens with zero attached hydrogens (tertiary/aromatic N) is 2. The van der Waals surface area contributed by atoms with E-state index in [1.807, 2.05) is 0 Å². The van der Waals surface area contributed by atoms with Gasteiger partial charge in [-0.25, -0.2) is 12.8 Å². The minimum atomic E-state index is -3.65. The third-order valence-electron chi connectivity index (χ3n) is 3.85. The Labute approximate surface area is 148 Å². The van der Waals surface area contributed by atoms with Crippen molar-refractivity contribution in [3.63, 3.8) is 0 Å². The lowest BCUT2D eigenvalue weighted by atomic mass is 10.3. The van der Waals surface area contributed by atoms with Gasteiger partial charge < -0.3 is 10.2 Å². The fraction of sp³-hybridized carbons (Fsp3) is 0.533. The molecule has 1 aromatic carbocycles. The zero-order chi connectivity index (χ0) is 16.9. The molecule has 0 spiro atoms. The number of amides is 1. The first kappa shape index (κ1) is 20.8. The number of halogens is 2. The third kappa shape index (κ3) is 5.14. The van der Waals surface area contributed by atoms with Crippen LogP contribution in [0.1, 0.15) is 12.8 Å². The van der Waals surface area contributed by atoms with Gasteiger partial charge in [0.2, 0.25) is 15.9 Å². The molecular formula is C15H23ClFN3O3S. The number of rotatable bonds is 5. The highest BCUT2D eigenvalue weighted by atomic mass is 35.5. The van der Waals surface area contributed by atoms with Crippen molar-refractivity contribution in [3.8, 4) is 0 Å². The van der Waals surface area contributed by atoms with E-state index in [0.29, 0.717) is 39.0 Å². The Morgan fingerprint density at radius 2 is 1.83 bits per heavy atom. The van der Waals surface area contributed by atoms with Crippen molar-refractivity contribution in [3.05, 3.63) is 30.1 Å². The number of nitrogens with one attached hydrogen (secondary N) is 1. The molecule has 1 saturated heterocycles. The maximum Gasteiger partial charge on any atom is 0.243 e. The van der Waals surface area contributed by atoms with Crippen molar-refractivity contribution in [1.29, 1.82) is 0 Å². The second-order valence-corrected chi connectivity index (χ2v) is 7.38. The van der Waals surface area contributed by atoms with Crippen molar-refractivity contribution >= 4 is 28.3 Å². The maximum atomic E-state index is 13.0. The highest BCUT2D eigenvalue weighted by molar-refractivity contribution is 7.89. The van der Waals surface area contributed by atoms with Gasteiger partial charge in [-0.2, -0.15) is 4.31 Å². The first-order chi connectivity index (χ1) is 10.9. The quantitative estimate of drug-likeness (QED) is 0.831. The first-order valence-electron chi connectivity index (χ1n) is 7.63. The van der Waals surface area contributed by atoms with Crippen molar-refractivity contribution in [2.75, 3.05) is 39.8 Å². The molecule has 1 fully saturated rings. The summed E-state index contributed by atoms with van der Waals surface area (Å²) in [5.41, 5.74) is 0. The average molecular weight is 380 g/mol. The van der Waals surface area contributed by atoms with E-state index in [0.717, 1.165) is 12.1 Å². The Kier molecular flexibility index (Phi) is 8.08. The average Bonchev–Trinajstić information content (AvgIpc) is 2.79. The van der Waals surface area contributed by atoms with E-state index in [9.17, 15) is 17.6 Å². The van der Waals surface area contributed by atoms with Crippen molar-refractivity contribution in [1.82, 2.24) is 14.5 Å². The standard InChI is InChI=1S/C15H22FN3O3S.ClH/c1-17-8-7-15(20)18-9-2-10-19(12-11-18)23(21,22)14-5-3-13(16)4-6-14;/h3-6,17H,2,7-12H2,1H3;1H. The van der Waals surface area contributed by atoms with E-state index in [2.05, 4.69) is 5.32 Å². The minimum absolute atomic E-state index is 0. The summed E-state index contributed by atoms with van der Waals surface area (Å²) < 4.78 is 39.5. The fourth-order valence-electron chi connectivity index (χ4n) is 2.53. The summed E-state index contributed by atoms with van der Waals surface area (Å²) in [6.07, 6.45) is 0.993. The summed E-state index contributed by atoms with van der Waals surface area (Å²) in [4.78, 5) is 13.8. The van der Waals surface area contributed by atoms with Gasteiger partial charge in [0.1, 0.15) is 5.82 Å². The van der Waals surface area contributed by atoms with Gasteiger partial charge in [-0.1, -0.05) is 0 Å². The normalized spacial score (nSPS) is 16.3. The summed E-state index contributed by atoms with van der Waals surface area (Å²) in [6.45, 7) is 2.15. The van der Waals surface area contributed by atoms with Crippen molar-refractivity contribution in [2.45, 2.75) is 17.7 Å². The molecule has 9 heteroatoms. The molecule has 0 unspecified atom stereocenters. The Bertz CT molecular complexity index is 640. The smallest absolute Gasteiger partial charge is 0.243 e. The molecule has 6 nitrogen and oxygen atoms in total. The maximum absolute atomic E-state index is 13.0. The second kappa shape index (κ2) is 9.31. The molecule has 1 N–H and O–H groups in total. The molecule has 0 radical (unpaired) electrons. The molecule has 24 heavy (non-hydrogen) atoms. The minimum Gasteiger partial charge on any atom is -0.341 e. The van der Waals surface area contributed by atoms with Crippen LogP contribution < -0.4 is 5.32 Å². The fourth-order valence-corrected chi connectivity index (χ4v) is 4.00. The predicted octanol–water partition coefficient (Wildman–Crippen LogP) is 1.08. The van der Waals surface area contributed by atoms with Crippen molar-refractivity contribution < 1.29 is 17.6 Å². The monoisotopic (exact) mass is 379 g/mol. The van der Waals surface area contributed by atoms with E-state index >= 15 is 0 Å². The number of carbonyl (C=O) groups excluding carboxylic acids is 1. The molecule has 1 heterocycles. The summed E-state index contributed by atoms with van der Waals surface area (Å²) in [5, 5.41) is 2.93. The molecule has 0 bridgehead atoms. The molecule has 0 aliphatic carbocycles. The Balaban J connectivity index is 0.00000288. The van der Waals surface area contributed by atoms with E-state index in [1.165, 1.54) is 16.4 Å². The van der Waals surface area contributed by atoms with Gasteiger partial charge in [-0.05, 0) is 37.7 Å². The third-order valence-corrected chi connectivity index (χ3v) is 5.76. The van der Waals surface area contributed by atoms with Crippen LogP contribution >= 0.6 is 12.4 Å². The molecule has 1 aromatic rings. The zero-order valence-electron chi connectivity index (χ0n) is 13.6. The van der Waals surface area contributed by atoms with Crippen molar-refractivity contribution in [2.24, 2.45) is 0 Å². The van der Waals surface area contributed by atoms with E-state index in [-0.39, 0.29) is 29.8 Å². The Morgan fingerprint density at radius 1 is 1.17 bits per heavy atom.